The number of alkyl halides is 3. The minimum Gasteiger partial charge on any atom is -0.325 e. The van der Waals surface area contributed by atoms with Crippen molar-refractivity contribution < 1.29 is 18.0 Å². The molecule has 10 heteroatoms. The number of aromatic nitrogens is 3. The number of hydrogen-bond acceptors (Lipinski definition) is 5. The number of fused-ring (bicyclic) bond motifs is 3. The summed E-state index contributed by atoms with van der Waals surface area (Å²) >= 11 is 1.19. The Morgan fingerprint density at radius 2 is 1.80 bits per heavy atom. The first-order valence-corrected chi connectivity index (χ1v) is 11.4. The molecule has 3 heterocycles. The van der Waals surface area contributed by atoms with Gasteiger partial charge in [0.05, 0.1) is 16.8 Å². The summed E-state index contributed by atoms with van der Waals surface area (Å²) < 4.78 is 40.4. The largest absolute Gasteiger partial charge is 0.416 e. The number of benzene rings is 2. The molecule has 5 rings (SSSR count). The topological polar surface area (TPSA) is 76.9 Å². The molecule has 0 fully saturated rings. The van der Waals surface area contributed by atoms with E-state index in [1.165, 1.54) is 28.0 Å². The number of aryl methyl sites for hydroxylation is 1. The van der Waals surface area contributed by atoms with Gasteiger partial charge in [0.15, 0.2) is 0 Å². The van der Waals surface area contributed by atoms with E-state index in [0.29, 0.717) is 20.9 Å². The molecule has 176 valence electrons. The SMILES string of the molecule is Cc1nc2c(sc3nc(-c4ccccc4)ccc32)c(=O)n1CC(=O)Nc1cccc(C(F)(F)F)c1. The molecule has 0 atom stereocenters. The zero-order valence-corrected chi connectivity index (χ0v) is 19.1. The highest BCUT2D eigenvalue weighted by Crippen LogP contribution is 2.32. The highest BCUT2D eigenvalue weighted by atomic mass is 32.1. The molecule has 0 saturated heterocycles. The van der Waals surface area contributed by atoms with Crippen LogP contribution < -0.4 is 10.9 Å². The summed E-state index contributed by atoms with van der Waals surface area (Å²) in [5, 5.41) is 3.16. The Bertz CT molecular complexity index is 1640. The maximum absolute atomic E-state index is 13.2. The van der Waals surface area contributed by atoms with Gasteiger partial charge in [-0.15, -0.1) is 11.3 Å². The van der Waals surface area contributed by atoms with Crippen LogP contribution in [0, 0.1) is 6.92 Å². The molecule has 0 radical (unpaired) electrons. The van der Waals surface area contributed by atoms with Gasteiger partial charge in [0.1, 0.15) is 21.9 Å². The maximum Gasteiger partial charge on any atom is 0.416 e. The van der Waals surface area contributed by atoms with E-state index in [-0.39, 0.29) is 12.2 Å². The van der Waals surface area contributed by atoms with E-state index < -0.39 is 23.2 Å². The Labute approximate surface area is 200 Å². The molecule has 6 nitrogen and oxygen atoms in total. The van der Waals surface area contributed by atoms with Crippen LogP contribution in [0.3, 0.4) is 0 Å². The number of halogens is 3. The van der Waals surface area contributed by atoms with Crippen molar-refractivity contribution in [3.8, 4) is 11.3 Å². The van der Waals surface area contributed by atoms with Crippen molar-refractivity contribution >= 4 is 43.4 Å². The van der Waals surface area contributed by atoms with Crippen LogP contribution >= 0.6 is 11.3 Å². The Hall–Kier alpha value is -4.05. The summed E-state index contributed by atoms with van der Waals surface area (Å²) in [5.41, 5.74) is 0.926. The zero-order valence-electron chi connectivity index (χ0n) is 18.3. The number of carbonyl (C=O) groups is 1. The average molecular weight is 494 g/mol. The molecule has 2 aromatic carbocycles. The van der Waals surface area contributed by atoms with Gasteiger partial charge < -0.3 is 5.32 Å². The third-order valence-electron chi connectivity index (χ3n) is 5.48. The summed E-state index contributed by atoms with van der Waals surface area (Å²) in [6.45, 7) is 1.22. The minimum atomic E-state index is -4.53. The lowest BCUT2D eigenvalue weighted by Crippen LogP contribution is -2.29. The fraction of sp³-hybridized carbons (Fsp3) is 0.120. The number of rotatable bonds is 4. The van der Waals surface area contributed by atoms with Crippen LogP contribution in [0.1, 0.15) is 11.4 Å². The molecular weight excluding hydrogens is 477 g/mol. The molecule has 0 bridgehead atoms. The van der Waals surface area contributed by atoms with Gasteiger partial charge in [-0.05, 0) is 37.3 Å². The van der Waals surface area contributed by atoms with Crippen LogP contribution in [0.5, 0.6) is 0 Å². The van der Waals surface area contributed by atoms with Crippen molar-refractivity contribution in [1.82, 2.24) is 14.5 Å². The molecule has 1 amide bonds. The van der Waals surface area contributed by atoms with Crippen LogP contribution in [0.4, 0.5) is 18.9 Å². The maximum atomic E-state index is 13.2. The predicted molar refractivity (Wildman–Crippen MR) is 129 cm³/mol. The van der Waals surface area contributed by atoms with Crippen LogP contribution in [0.25, 0.3) is 31.7 Å². The van der Waals surface area contributed by atoms with E-state index >= 15 is 0 Å². The van der Waals surface area contributed by atoms with Gasteiger partial charge in [-0.2, -0.15) is 13.2 Å². The second-order valence-electron chi connectivity index (χ2n) is 7.87. The van der Waals surface area contributed by atoms with Crippen molar-refractivity contribution in [2.45, 2.75) is 19.6 Å². The first-order chi connectivity index (χ1) is 16.7. The quantitative estimate of drug-likeness (QED) is 0.351. The number of carbonyl (C=O) groups excluding carboxylic acids is 1. The second-order valence-corrected chi connectivity index (χ2v) is 8.87. The monoisotopic (exact) mass is 494 g/mol. The third kappa shape index (κ3) is 4.40. The van der Waals surface area contributed by atoms with Crippen LogP contribution in [-0.2, 0) is 17.5 Å². The molecule has 35 heavy (non-hydrogen) atoms. The summed E-state index contributed by atoms with van der Waals surface area (Å²) in [4.78, 5) is 35.7. The highest BCUT2D eigenvalue weighted by Gasteiger charge is 2.30. The lowest BCUT2D eigenvalue weighted by Gasteiger charge is -2.12. The van der Waals surface area contributed by atoms with Crippen molar-refractivity contribution in [3.63, 3.8) is 0 Å². The minimum absolute atomic E-state index is 0.0101. The lowest BCUT2D eigenvalue weighted by atomic mass is 10.1. The number of hydrogen-bond donors (Lipinski definition) is 1. The van der Waals surface area contributed by atoms with Gasteiger partial charge in [-0.3, -0.25) is 14.2 Å². The third-order valence-corrected chi connectivity index (χ3v) is 6.55. The number of pyridine rings is 1. The van der Waals surface area contributed by atoms with Crippen molar-refractivity contribution in [2.75, 3.05) is 5.32 Å². The lowest BCUT2D eigenvalue weighted by molar-refractivity contribution is -0.137. The molecular formula is C25H17F3N4O2S. The van der Waals surface area contributed by atoms with E-state index in [1.54, 1.807) is 6.92 Å². The van der Waals surface area contributed by atoms with E-state index in [9.17, 15) is 22.8 Å². The molecule has 3 aromatic heterocycles. The number of nitrogens with one attached hydrogen (secondary N) is 1. The molecule has 5 aromatic rings. The molecule has 0 saturated carbocycles. The van der Waals surface area contributed by atoms with E-state index in [4.69, 9.17) is 0 Å². The first-order valence-electron chi connectivity index (χ1n) is 10.5. The molecule has 0 spiro atoms. The van der Waals surface area contributed by atoms with E-state index in [2.05, 4.69) is 15.3 Å². The molecule has 0 aliphatic carbocycles. The normalized spacial score (nSPS) is 11.8. The van der Waals surface area contributed by atoms with Gasteiger partial charge in [-0.25, -0.2) is 9.97 Å². The molecule has 1 N–H and O–H groups in total. The molecule has 0 unspecified atom stereocenters. The summed E-state index contributed by atoms with van der Waals surface area (Å²) in [6.07, 6.45) is -4.53. The van der Waals surface area contributed by atoms with E-state index in [0.717, 1.165) is 28.8 Å². The van der Waals surface area contributed by atoms with Crippen molar-refractivity contribution in [2.24, 2.45) is 0 Å². The fourth-order valence-electron chi connectivity index (χ4n) is 3.79. The summed E-state index contributed by atoms with van der Waals surface area (Å²) in [7, 11) is 0. The highest BCUT2D eigenvalue weighted by molar-refractivity contribution is 7.25. The number of nitrogens with zero attached hydrogens (tertiary/aromatic N) is 3. The Morgan fingerprint density at radius 3 is 2.54 bits per heavy atom. The van der Waals surface area contributed by atoms with E-state index in [1.807, 2.05) is 42.5 Å². The zero-order chi connectivity index (χ0) is 24.7. The van der Waals surface area contributed by atoms with Crippen LogP contribution in [-0.4, -0.2) is 20.4 Å². The molecule has 0 aliphatic heterocycles. The number of thiophene rings is 1. The van der Waals surface area contributed by atoms with Gasteiger partial charge in [0.25, 0.3) is 5.56 Å². The van der Waals surface area contributed by atoms with Crippen molar-refractivity contribution in [3.05, 3.63) is 88.5 Å². The van der Waals surface area contributed by atoms with Crippen LogP contribution in [0.2, 0.25) is 0 Å². The predicted octanol–water partition coefficient (Wildman–Crippen LogP) is 5.64. The van der Waals surface area contributed by atoms with Crippen molar-refractivity contribution in [1.29, 1.82) is 0 Å². The second kappa shape index (κ2) is 8.62. The Kier molecular flexibility index (Phi) is 5.60. The fourth-order valence-corrected chi connectivity index (χ4v) is 4.85. The number of anilines is 1. The standard InChI is InChI=1S/C25H17F3N4O2S/c1-14-29-21-18-10-11-19(15-6-3-2-4-7-15)31-23(18)35-22(21)24(34)32(14)13-20(33)30-17-9-5-8-16(12-17)25(26,27)28/h2-12H,13H2,1H3,(H,30,33). The Balaban J connectivity index is 1.47. The smallest absolute Gasteiger partial charge is 0.325 e. The summed E-state index contributed by atoms with van der Waals surface area (Å²) in [6, 6.07) is 17.7. The first kappa shape index (κ1) is 22.7. The Morgan fingerprint density at radius 1 is 1.03 bits per heavy atom. The molecule has 0 aliphatic rings. The summed E-state index contributed by atoms with van der Waals surface area (Å²) in [5.74, 6) is -0.324. The van der Waals surface area contributed by atoms with Gasteiger partial charge in [-0.1, -0.05) is 36.4 Å². The number of amides is 1. The van der Waals surface area contributed by atoms with Gasteiger partial charge in [0.2, 0.25) is 5.91 Å². The van der Waals surface area contributed by atoms with Crippen LogP contribution in [0.15, 0.2) is 71.5 Å². The van der Waals surface area contributed by atoms with Gasteiger partial charge in [0, 0.05) is 16.6 Å². The van der Waals surface area contributed by atoms with Gasteiger partial charge >= 0.3 is 6.18 Å². The average Bonchev–Trinajstić information content (AvgIpc) is 3.20.